The molecule has 8 heteroatoms. The van der Waals surface area contributed by atoms with Crippen molar-refractivity contribution in [2.24, 2.45) is 4.99 Å². The highest BCUT2D eigenvalue weighted by Gasteiger charge is 2.01. The van der Waals surface area contributed by atoms with Gasteiger partial charge in [-0.25, -0.2) is 14.7 Å². The van der Waals surface area contributed by atoms with Crippen LogP contribution in [0.25, 0.3) is 0 Å². The zero-order chi connectivity index (χ0) is 18.0. The third kappa shape index (κ3) is 6.97. The number of hydrogen-bond acceptors (Lipinski definition) is 4. The van der Waals surface area contributed by atoms with Crippen LogP contribution in [0.2, 0.25) is 0 Å². The van der Waals surface area contributed by atoms with Crippen molar-refractivity contribution in [1.82, 2.24) is 30.4 Å². The van der Waals surface area contributed by atoms with E-state index >= 15 is 0 Å². The largest absolute Gasteiger partial charge is 0.357 e. The van der Waals surface area contributed by atoms with E-state index in [2.05, 4.69) is 55.8 Å². The molecule has 3 aromatic rings. The summed E-state index contributed by atoms with van der Waals surface area (Å²) in [5, 5.41) is 10.7. The van der Waals surface area contributed by atoms with Crippen molar-refractivity contribution in [1.29, 1.82) is 0 Å². The Balaban J connectivity index is 0.00000261. The number of nitrogens with zero attached hydrogens (tertiary/aromatic N) is 5. The fraction of sp³-hybridized carbons (Fsp3) is 0.263. The highest BCUT2D eigenvalue weighted by molar-refractivity contribution is 14.0. The molecule has 3 rings (SSSR count). The van der Waals surface area contributed by atoms with E-state index in [1.807, 2.05) is 24.3 Å². The van der Waals surface area contributed by atoms with Crippen LogP contribution in [0.4, 0.5) is 0 Å². The van der Waals surface area contributed by atoms with Crippen LogP contribution < -0.4 is 10.6 Å². The van der Waals surface area contributed by atoms with Crippen molar-refractivity contribution in [3.8, 4) is 0 Å². The summed E-state index contributed by atoms with van der Waals surface area (Å²) in [7, 11) is 0. The quantitative estimate of drug-likeness (QED) is 0.311. The minimum atomic E-state index is 0. The van der Waals surface area contributed by atoms with Crippen molar-refractivity contribution < 1.29 is 0 Å². The van der Waals surface area contributed by atoms with E-state index in [0.29, 0.717) is 19.6 Å². The van der Waals surface area contributed by atoms with Gasteiger partial charge in [-0.05, 0) is 30.2 Å². The summed E-state index contributed by atoms with van der Waals surface area (Å²) >= 11 is 0. The molecule has 1 aromatic carbocycles. The Morgan fingerprint density at radius 1 is 1.11 bits per heavy atom. The first-order valence-electron chi connectivity index (χ1n) is 8.66. The first kappa shape index (κ1) is 20.8. The van der Waals surface area contributed by atoms with Crippen LogP contribution in [0.5, 0.6) is 0 Å². The Hall–Kier alpha value is -2.49. The number of guanidine groups is 1. The number of benzene rings is 1. The zero-order valence-electron chi connectivity index (χ0n) is 15.2. The molecule has 142 valence electrons. The van der Waals surface area contributed by atoms with E-state index in [-0.39, 0.29) is 24.0 Å². The molecular formula is C19H24IN7. The lowest BCUT2D eigenvalue weighted by molar-refractivity contribution is 0.684. The third-order valence-corrected chi connectivity index (χ3v) is 3.73. The number of aliphatic imine (C=N–C) groups is 1. The van der Waals surface area contributed by atoms with Crippen molar-refractivity contribution in [3.63, 3.8) is 0 Å². The van der Waals surface area contributed by atoms with Crippen LogP contribution in [0, 0.1) is 0 Å². The van der Waals surface area contributed by atoms with Crippen molar-refractivity contribution in [2.45, 2.75) is 26.6 Å². The van der Waals surface area contributed by atoms with Crippen LogP contribution in [0.1, 0.15) is 23.7 Å². The van der Waals surface area contributed by atoms with E-state index < -0.39 is 0 Å². The summed E-state index contributed by atoms with van der Waals surface area (Å²) in [6.07, 6.45) is 5.06. The Kier molecular flexibility index (Phi) is 8.69. The second-order valence-electron chi connectivity index (χ2n) is 5.78. The summed E-state index contributed by atoms with van der Waals surface area (Å²) in [6.45, 7) is 4.80. The van der Waals surface area contributed by atoms with Gasteiger partial charge in [-0.1, -0.05) is 30.3 Å². The molecule has 0 fully saturated rings. The van der Waals surface area contributed by atoms with E-state index in [9.17, 15) is 0 Å². The summed E-state index contributed by atoms with van der Waals surface area (Å²) in [6, 6.07) is 14.2. The lowest BCUT2D eigenvalue weighted by Gasteiger charge is -2.11. The first-order chi connectivity index (χ1) is 12.8. The maximum atomic E-state index is 4.67. The number of hydrogen-bond donors (Lipinski definition) is 2. The molecule has 0 aliphatic heterocycles. The van der Waals surface area contributed by atoms with E-state index in [0.717, 1.165) is 23.8 Å². The molecule has 0 unspecified atom stereocenters. The first-order valence-corrected chi connectivity index (χ1v) is 8.66. The fourth-order valence-corrected chi connectivity index (χ4v) is 2.52. The molecular weight excluding hydrogens is 453 g/mol. The van der Waals surface area contributed by atoms with E-state index in [4.69, 9.17) is 0 Å². The number of pyridine rings is 1. The molecule has 0 atom stereocenters. The van der Waals surface area contributed by atoms with Crippen LogP contribution >= 0.6 is 24.0 Å². The Morgan fingerprint density at radius 2 is 2.00 bits per heavy atom. The predicted octanol–water partition coefficient (Wildman–Crippen LogP) is 2.59. The molecule has 0 spiro atoms. The molecule has 0 saturated carbocycles. The highest BCUT2D eigenvalue weighted by atomic mass is 127. The maximum Gasteiger partial charge on any atom is 0.191 e. The Bertz CT molecular complexity index is 819. The number of rotatable bonds is 7. The third-order valence-electron chi connectivity index (χ3n) is 3.73. The monoisotopic (exact) mass is 477 g/mol. The van der Waals surface area contributed by atoms with Crippen LogP contribution in [0.15, 0.2) is 66.3 Å². The SMILES string of the molecule is CCNC(=NCc1cccc(Cn2cncn2)c1)NCc1ccccn1.I. The van der Waals surface area contributed by atoms with Crippen LogP contribution in [-0.2, 0) is 19.6 Å². The van der Waals surface area contributed by atoms with Crippen molar-refractivity contribution in [2.75, 3.05) is 6.54 Å². The summed E-state index contributed by atoms with van der Waals surface area (Å²) < 4.78 is 1.81. The molecule has 0 amide bonds. The van der Waals surface area contributed by atoms with E-state index in [1.165, 1.54) is 5.56 Å². The minimum Gasteiger partial charge on any atom is -0.357 e. The van der Waals surface area contributed by atoms with Gasteiger partial charge in [0.15, 0.2) is 5.96 Å². The average Bonchev–Trinajstić information content (AvgIpc) is 3.18. The molecule has 0 aliphatic rings. The van der Waals surface area contributed by atoms with Gasteiger partial charge in [-0.2, -0.15) is 5.10 Å². The summed E-state index contributed by atoms with van der Waals surface area (Å²) in [5.74, 6) is 0.778. The normalized spacial score (nSPS) is 10.9. The van der Waals surface area contributed by atoms with Gasteiger partial charge in [0.25, 0.3) is 0 Å². The van der Waals surface area contributed by atoms with Crippen molar-refractivity contribution >= 4 is 29.9 Å². The average molecular weight is 477 g/mol. The topological polar surface area (TPSA) is 80.0 Å². The van der Waals surface area contributed by atoms with Gasteiger partial charge in [-0.3, -0.25) is 4.98 Å². The Morgan fingerprint density at radius 3 is 2.74 bits per heavy atom. The van der Waals surface area contributed by atoms with Gasteiger partial charge in [0.1, 0.15) is 12.7 Å². The molecule has 27 heavy (non-hydrogen) atoms. The molecule has 2 aromatic heterocycles. The molecule has 2 N–H and O–H groups in total. The Labute approximate surface area is 176 Å². The van der Waals surface area contributed by atoms with Crippen molar-refractivity contribution in [3.05, 3.63) is 78.1 Å². The summed E-state index contributed by atoms with van der Waals surface area (Å²) in [4.78, 5) is 13.0. The number of halogens is 1. The van der Waals surface area contributed by atoms with Gasteiger partial charge in [-0.15, -0.1) is 24.0 Å². The summed E-state index contributed by atoms with van der Waals surface area (Å²) in [5.41, 5.74) is 3.31. The smallest absolute Gasteiger partial charge is 0.191 e. The van der Waals surface area contributed by atoms with Gasteiger partial charge >= 0.3 is 0 Å². The van der Waals surface area contributed by atoms with Gasteiger partial charge in [0.2, 0.25) is 0 Å². The standard InChI is InChI=1S/C19H23N7.HI/c1-2-21-19(24-12-18-8-3-4-9-22-18)23-11-16-6-5-7-17(10-16)13-26-15-20-14-25-26;/h3-10,14-15H,2,11-13H2,1H3,(H2,21,23,24);1H. The number of nitrogens with one attached hydrogen (secondary N) is 2. The van der Waals surface area contributed by atoms with Crippen LogP contribution in [-0.4, -0.2) is 32.3 Å². The predicted molar refractivity (Wildman–Crippen MR) is 117 cm³/mol. The molecule has 0 aliphatic carbocycles. The van der Waals surface area contributed by atoms with Gasteiger partial charge < -0.3 is 10.6 Å². The van der Waals surface area contributed by atoms with E-state index in [1.54, 1.807) is 23.5 Å². The highest BCUT2D eigenvalue weighted by Crippen LogP contribution is 2.08. The molecule has 0 saturated heterocycles. The fourth-order valence-electron chi connectivity index (χ4n) is 2.52. The second-order valence-corrected chi connectivity index (χ2v) is 5.78. The lowest BCUT2D eigenvalue weighted by atomic mass is 10.1. The van der Waals surface area contributed by atoms with Crippen LogP contribution in [0.3, 0.4) is 0 Å². The maximum absolute atomic E-state index is 4.67. The second kappa shape index (κ2) is 11.3. The molecule has 2 heterocycles. The molecule has 0 radical (unpaired) electrons. The number of aromatic nitrogens is 4. The van der Waals surface area contributed by atoms with Gasteiger partial charge in [0, 0.05) is 12.7 Å². The minimum absolute atomic E-state index is 0. The zero-order valence-corrected chi connectivity index (χ0v) is 17.6. The molecule has 0 bridgehead atoms. The van der Waals surface area contributed by atoms with Gasteiger partial charge in [0.05, 0.1) is 25.3 Å². The molecule has 7 nitrogen and oxygen atoms in total. The lowest BCUT2D eigenvalue weighted by Crippen LogP contribution is -2.37.